The van der Waals surface area contributed by atoms with E-state index < -0.39 is 15.1 Å². The lowest BCUT2D eigenvalue weighted by atomic mass is 10.5. The summed E-state index contributed by atoms with van der Waals surface area (Å²) in [6.07, 6.45) is 0.997. The first-order valence-electron chi connectivity index (χ1n) is 2.17. The predicted molar refractivity (Wildman–Crippen MR) is 48.6 cm³/mol. The number of nitro groups is 1. The van der Waals surface area contributed by atoms with Crippen LogP contribution in [0.2, 0.25) is 0 Å². The summed E-state index contributed by atoms with van der Waals surface area (Å²) in [4.78, 5) is 9.39. The highest BCUT2D eigenvalue weighted by Gasteiger charge is 2.12. The summed E-state index contributed by atoms with van der Waals surface area (Å²) < 4.78 is -0.379. The van der Waals surface area contributed by atoms with E-state index in [9.17, 15) is 10.1 Å². The summed E-state index contributed by atoms with van der Waals surface area (Å²) in [6.45, 7) is 0. The largest absolute Gasteiger partial charge is 0.301 e. The molecule has 0 fully saturated rings. The van der Waals surface area contributed by atoms with Crippen molar-refractivity contribution >= 4 is 50.7 Å². The van der Waals surface area contributed by atoms with Crippen molar-refractivity contribution < 1.29 is 4.92 Å². The van der Waals surface area contributed by atoms with Gasteiger partial charge in [0.15, 0.2) is 4.49 Å². The van der Waals surface area contributed by atoms with Crippen molar-refractivity contribution in [2.75, 3.05) is 0 Å². The first-order valence-corrected chi connectivity index (χ1v) is 4.10. The number of hydrogen-bond donors (Lipinski definition) is 0. The number of allylic oxidation sites excluding steroid dienone is 1. The van der Waals surface area contributed by atoms with Gasteiger partial charge in [0.25, 0.3) is 0 Å². The van der Waals surface area contributed by atoms with Crippen LogP contribution in [0, 0.1) is 10.1 Å². The van der Waals surface area contributed by atoms with Crippen molar-refractivity contribution in [3.8, 4) is 0 Å². The topological polar surface area (TPSA) is 43.1 Å². The van der Waals surface area contributed by atoms with E-state index >= 15 is 0 Å². The molecule has 0 spiro atoms. The minimum absolute atomic E-state index is 0.0583. The molecule has 0 N–H and O–H groups in total. The second-order valence-electron chi connectivity index (χ2n) is 1.34. The van der Waals surface area contributed by atoms with Gasteiger partial charge in [0, 0.05) is 6.08 Å². The van der Waals surface area contributed by atoms with Crippen molar-refractivity contribution in [3.63, 3.8) is 0 Å². The molecule has 0 aliphatic rings. The van der Waals surface area contributed by atoms with E-state index in [1.807, 2.05) is 0 Å². The summed E-state index contributed by atoms with van der Waals surface area (Å²) in [7, 11) is 0. The lowest BCUT2D eigenvalue weighted by Crippen LogP contribution is -1.95. The minimum atomic E-state index is -0.737. The fourth-order valence-corrected chi connectivity index (χ4v) is 0.847. The second-order valence-corrected chi connectivity index (χ2v) is 4.00. The van der Waals surface area contributed by atoms with Gasteiger partial charge in [-0.25, -0.2) is 0 Å². The van der Waals surface area contributed by atoms with Crippen LogP contribution in [0.1, 0.15) is 0 Å². The molecule has 0 rings (SSSR count). The summed E-state index contributed by atoms with van der Waals surface area (Å²) >= 11 is 18.4. The van der Waals surface area contributed by atoms with Crippen molar-refractivity contribution in [1.82, 2.24) is 0 Å². The molecule has 0 radical (unpaired) electrons. The van der Waals surface area contributed by atoms with Crippen LogP contribution in [0.25, 0.3) is 0 Å². The molecule has 0 unspecified atom stereocenters. The Morgan fingerprint density at radius 1 is 1.45 bits per heavy atom. The SMILES string of the molecule is O=[N+]([O-])C(/C=C(/Cl)Br)=C(Cl)Cl. The molecule has 0 amide bonds. The second kappa shape index (κ2) is 4.98. The number of hydrogen-bond acceptors (Lipinski definition) is 2. The predicted octanol–water partition coefficient (Wildman–Crippen LogP) is 3.38. The Morgan fingerprint density at radius 3 is 2.00 bits per heavy atom. The Bertz CT molecular complexity index is 229. The van der Waals surface area contributed by atoms with Crippen LogP contribution in [0.4, 0.5) is 0 Å². The third kappa shape index (κ3) is 4.63. The van der Waals surface area contributed by atoms with Crippen molar-refractivity contribution in [2.45, 2.75) is 0 Å². The van der Waals surface area contributed by atoms with E-state index in [-0.39, 0.29) is 3.94 Å². The summed E-state index contributed by atoms with van der Waals surface area (Å²) in [6, 6.07) is 0. The Hall–Kier alpha value is 0.230. The van der Waals surface area contributed by atoms with Gasteiger partial charge in [-0.15, -0.1) is 0 Å². The number of halogens is 4. The third-order valence-electron chi connectivity index (χ3n) is 0.636. The van der Waals surface area contributed by atoms with Crippen LogP contribution in [-0.2, 0) is 0 Å². The molecule has 0 bridgehead atoms. The minimum Gasteiger partial charge on any atom is -0.258 e. The smallest absolute Gasteiger partial charge is 0.258 e. The molecular formula is C4HBrCl3NO2. The van der Waals surface area contributed by atoms with Crippen LogP contribution >= 0.6 is 50.7 Å². The zero-order chi connectivity index (χ0) is 9.02. The molecule has 0 aromatic rings. The normalized spacial score (nSPS) is 11.1. The summed E-state index contributed by atoms with van der Waals surface area (Å²) in [5.41, 5.74) is -0.449. The average molecular weight is 281 g/mol. The number of rotatable bonds is 2. The zero-order valence-electron chi connectivity index (χ0n) is 4.85. The summed E-state index contributed by atoms with van der Waals surface area (Å²) in [5.74, 6) is 0. The highest BCUT2D eigenvalue weighted by Crippen LogP contribution is 2.20. The fraction of sp³-hybridized carbons (Fsp3) is 0. The Morgan fingerprint density at radius 2 is 1.91 bits per heavy atom. The molecule has 0 aromatic heterocycles. The van der Waals surface area contributed by atoms with E-state index in [4.69, 9.17) is 34.8 Å². The van der Waals surface area contributed by atoms with Gasteiger partial charge in [-0.1, -0.05) is 34.8 Å². The molecule has 62 valence electrons. The maximum atomic E-state index is 10.1. The van der Waals surface area contributed by atoms with Crippen LogP contribution in [0.5, 0.6) is 0 Å². The third-order valence-corrected chi connectivity index (χ3v) is 1.36. The van der Waals surface area contributed by atoms with Gasteiger partial charge in [0.1, 0.15) is 0 Å². The lowest BCUT2D eigenvalue weighted by molar-refractivity contribution is -0.419. The monoisotopic (exact) mass is 279 g/mol. The maximum Gasteiger partial charge on any atom is 0.301 e. The van der Waals surface area contributed by atoms with Gasteiger partial charge in [-0.2, -0.15) is 0 Å². The van der Waals surface area contributed by atoms with Crippen LogP contribution in [-0.4, -0.2) is 4.92 Å². The van der Waals surface area contributed by atoms with E-state index in [1.54, 1.807) is 0 Å². The van der Waals surface area contributed by atoms with E-state index in [2.05, 4.69) is 15.9 Å². The fourth-order valence-electron chi connectivity index (χ4n) is 0.280. The zero-order valence-corrected chi connectivity index (χ0v) is 8.71. The summed E-state index contributed by atoms with van der Waals surface area (Å²) in [5, 5.41) is 10.1. The molecule has 11 heavy (non-hydrogen) atoms. The van der Waals surface area contributed by atoms with Crippen LogP contribution < -0.4 is 0 Å². The maximum absolute atomic E-state index is 10.1. The van der Waals surface area contributed by atoms with Gasteiger partial charge in [-0.3, -0.25) is 10.1 Å². The van der Waals surface area contributed by atoms with E-state index in [0.29, 0.717) is 0 Å². The van der Waals surface area contributed by atoms with Gasteiger partial charge < -0.3 is 0 Å². The lowest BCUT2D eigenvalue weighted by Gasteiger charge is -1.89. The molecule has 0 aromatic carbocycles. The van der Waals surface area contributed by atoms with Crippen LogP contribution in [0.3, 0.4) is 0 Å². The Balaban J connectivity index is 4.81. The van der Waals surface area contributed by atoms with Crippen molar-refractivity contribution in [2.24, 2.45) is 0 Å². The van der Waals surface area contributed by atoms with Crippen molar-refractivity contribution in [3.05, 3.63) is 30.3 Å². The first kappa shape index (κ1) is 11.2. The molecule has 0 heterocycles. The van der Waals surface area contributed by atoms with E-state index in [0.717, 1.165) is 6.08 Å². The highest BCUT2D eigenvalue weighted by molar-refractivity contribution is 9.12. The molecule has 0 aliphatic heterocycles. The number of nitrogens with zero attached hydrogens (tertiary/aromatic N) is 1. The van der Waals surface area contributed by atoms with Crippen molar-refractivity contribution in [1.29, 1.82) is 0 Å². The first-order chi connectivity index (χ1) is 4.95. The highest BCUT2D eigenvalue weighted by atomic mass is 79.9. The van der Waals surface area contributed by atoms with Crippen LogP contribution in [0.15, 0.2) is 20.2 Å². The Kier molecular flexibility index (Phi) is 5.08. The van der Waals surface area contributed by atoms with Gasteiger partial charge >= 0.3 is 5.70 Å². The standard InChI is InChI=1S/C4HBrCl3NO2/c5-3(6)1-2(4(7)8)9(10)11/h1H/b3-1+. The molecular weight excluding hydrogens is 280 g/mol. The molecule has 0 atom stereocenters. The van der Waals surface area contributed by atoms with Gasteiger partial charge in [-0.05, 0) is 15.9 Å². The quantitative estimate of drug-likeness (QED) is 0.442. The molecule has 0 aliphatic carbocycles. The van der Waals surface area contributed by atoms with E-state index in [1.165, 1.54) is 0 Å². The molecule has 0 saturated heterocycles. The molecule has 7 heteroatoms. The molecule has 3 nitrogen and oxygen atoms in total. The van der Waals surface area contributed by atoms with Gasteiger partial charge in [0.2, 0.25) is 0 Å². The molecule has 0 saturated carbocycles. The Labute approximate surface area is 85.9 Å². The average Bonchev–Trinajstić information content (AvgIpc) is 1.81. The van der Waals surface area contributed by atoms with Gasteiger partial charge in [0.05, 0.1) is 8.86 Å².